The number of likely N-dealkylation sites (tertiary alicyclic amines) is 1. The Morgan fingerprint density at radius 2 is 2.05 bits per heavy atom. The lowest BCUT2D eigenvalue weighted by atomic mass is 9.96. The molecular weight excluding hydrogens is 236 g/mol. The molecule has 0 aliphatic carbocycles. The Bertz CT molecular complexity index is 377. The van der Waals surface area contributed by atoms with Gasteiger partial charge in [0, 0.05) is 18.6 Å². The molecule has 1 N–H and O–H groups in total. The summed E-state index contributed by atoms with van der Waals surface area (Å²) in [5.41, 5.74) is 1.37. The van der Waals surface area contributed by atoms with Gasteiger partial charge in [0.25, 0.3) is 0 Å². The fraction of sp³-hybridized carbons (Fsp3) is 0.625. The van der Waals surface area contributed by atoms with Gasteiger partial charge in [0.1, 0.15) is 5.75 Å². The fourth-order valence-electron chi connectivity index (χ4n) is 2.94. The number of rotatable bonds is 5. The Morgan fingerprint density at radius 1 is 1.32 bits per heavy atom. The first kappa shape index (κ1) is 14.4. The van der Waals surface area contributed by atoms with Crippen molar-refractivity contribution in [1.29, 1.82) is 0 Å². The van der Waals surface area contributed by atoms with Gasteiger partial charge in [-0.25, -0.2) is 0 Å². The number of likely N-dealkylation sites (N-methyl/N-ethyl adjacent to an activating group) is 1. The summed E-state index contributed by atoms with van der Waals surface area (Å²) >= 11 is 0. The quantitative estimate of drug-likeness (QED) is 0.883. The predicted octanol–water partition coefficient (Wildman–Crippen LogP) is 2.66. The van der Waals surface area contributed by atoms with Crippen molar-refractivity contribution in [3.8, 4) is 5.75 Å². The third kappa shape index (κ3) is 3.71. The monoisotopic (exact) mass is 262 g/mol. The number of hydrogen-bond donors (Lipinski definition) is 1. The fourth-order valence-corrected chi connectivity index (χ4v) is 2.94. The molecule has 2 unspecified atom stereocenters. The zero-order valence-corrected chi connectivity index (χ0v) is 12.4. The van der Waals surface area contributed by atoms with Crippen LogP contribution in [0.3, 0.4) is 0 Å². The van der Waals surface area contributed by atoms with Crippen LogP contribution in [-0.4, -0.2) is 37.7 Å². The molecular formula is C16H26N2O. The van der Waals surface area contributed by atoms with E-state index in [4.69, 9.17) is 4.74 Å². The normalized spacial score (nSPS) is 22.2. The maximum absolute atomic E-state index is 5.21. The van der Waals surface area contributed by atoms with Crippen LogP contribution in [0.4, 0.5) is 0 Å². The van der Waals surface area contributed by atoms with E-state index in [1.54, 1.807) is 7.11 Å². The Kier molecular flexibility index (Phi) is 5.23. The van der Waals surface area contributed by atoms with Gasteiger partial charge in [0.2, 0.25) is 0 Å². The third-order valence-corrected chi connectivity index (χ3v) is 4.24. The number of nitrogens with zero attached hydrogens (tertiary/aromatic N) is 1. The van der Waals surface area contributed by atoms with Crippen molar-refractivity contribution >= 4 is 0 Å². The highest BCUT2D eigenvalue weighted by atomic mass is 16.5. The first-order chi connectivity index (χ1) is 9.24. The van der Waals surface area contributed by atoms with Crippen molar-refractivity contribution in [3.05, 3.63) is 29.8 Å². The van der Waals surface area contributed by atoms with Crippen LogP contribution in [-0.2, 0) is 6.54 Å². The SMILES string of the molecule is CNC(C)C1CCCCN1Cc1ccc(OC)cc1. The molecule has 0 radical (unpaired) electrons. The van der Waals surface area contributed by atoms with Crippen LogP contribution < -0.4 is 10.1 Å². The van der Waals surface area contributed by atoms with Crippen LogP contribution in [0.5, 0.6) is 5.75 Å². The molecule has 106 valence electrons. The van der Waals surface area contributed by atoms with Crippen LogP contribution in [0.15, 0.2) is 24.3 Å². The molecule has 1 aliphatic rings. The summed E-state index contributed by atoms with van der Waals surface area (Å²) in [6, 6.07) is 9.66. The second-order valence-electron chi connectivity index (χ2n) is 5.46. The number of benzene rings is 1. The molecule has 0 spiro atoms. The molecule has 3 heteroatoms. The standard InChI is InChI=1S/C16H26N2O/c1-13(17-2)16-6-4-5-11-18(16)12-14-7-9-15(19-3)10-8-14/h7-10,13,16-17H,4-6,11-12H2,1-3H3. The van der Waals surface area contributed by atoms with Gasteiger partial charge >= 0.3 is 0 Å². The molecule has 1 saturated heterocycles. The summed E-state index contributed by atoms with van der Waals surface area (Å²) in [4.78, 5) is 2.62. The highest BCUT2D eigenvalue weighted by molar-refractivity contribution is 5.27. The molecule has 1 aromatic carbocycles. The van der Waals surface area contributed by atoms with Crippen molar-refractivity contribution in [3.63, 3.8) is 0 Å². The highest BCUT2D eigenvalue weighted by Gasteiger charge is 2.26. The van der Waals surface area contributed by atoms with Crippen molar-refractivity contribution in [2.75, 3.05) is 20.7 Å². The molecule has 2 rings (SSSR count). The van der Waals surface area contributed by atoms with Gasteiger partial charge in [-0.05, 0) is 51.1 Å². The molecule has 1 heterocycles. The van der Waals surface area contributed by atoms with E-state index in [0.29, 0.717) is 12.1 Å². The van der Waals surface area contributed by atoms with E-state index in [9.17, 15) is 0 Å². The van der Waals surface area contributed by atoms with Gasteiger partial charge in [-0.15, -0.1) is 0 Å². The summed E-state index contributed by atoms with van der Waals surface area (Å²) < 4.78 is 5.21. The van der Waals surface area contributed by atoms with Crippen molar-refractivity contribution in [2.45, 2.75) is 44.8 Å². The first-order valence-corrected chi connectivity index (χ1v) is 7.29. The minimum Gasteiger partial charge on any atom is -0.497 e. The maximum Gasteiger partial charge on any atom is 0.118 e. The number of methoxy groups -OCH3 is 1. The molecule has 0 aromatic heterocycles. The number of piperidine rings is 1. The van der Waals surface area contributed by atoms with Crippen LogP contribution in [0, 0.1) is 0 Å². The van der Waals surface area contributed by atoms with E-state index in [-0.39, 0.29) is 0 Å². The topological polar surface area (TPSA) is 24.5 Å². The molecule has 0 bridgehead atoms. The average Bonchev–Trinajstić information content (AvgIpc) is 2.48. The second kappa shape index (κ2) is 6.92. The van der Waals surface area contributed by atoms with E-state index in [0.717, 1.165) is 12.3 Å². The molecule has 1 aromatic rings. The lowest BCUT2D eigenvalue weighted by Gasteiger charge is -2.39. The van der Waals surface area contributed by atoms with Crippen LogP contribution in [0.2, 0.25) is 0 Å². The highest BCUT2D eigenvalue weighted by Crippen LogP contribution is 2.22. The Balaban J connectivity index is 2.01. The average molecular weight is 262 g/mol. The number of ether oxygens (including phenoxy) is 1. The minimum atomic E-state index is 0.554. The first-order valence-electron chi connectivity index (χ1n) is 7.29. The lowest BCUT2D eigenvalue weighted by Crippen LogP contribution is -2.49. The number of hydrogen-bond acceptors (Lipinski definition) is 3. The molecule has 3 nitrogen and oxygen atoms in total. The summed E-state index contributed by atoms with van der Waals surface area (Å²) in [6.45, 7) is 4.54. The van der Waals surface area contributed by atoms with Crippen molar-refractivity contribution in [1.82, 2.24) is 10.2 Å². The summed E-state index contributed by atoms with van der Waals surface area (Å²) in [5, 5.41) is 3.41. The molecule has 1 aliphatic heterocycles. The largest absolute Gasteiger partial charge is 0.497 e. The number of nitrogens with one attached hydrogen (secondary N) is 1. The van der Waals surface area contributed by atoms with Crippen LogP contribution >= 0.6 is 0 Å². The van der Waals surface area contributed by atoms with E-state index in [2.05, 4.69) is 48.5 Å². The maximum atomic E-state index is 5.21. The van der Waals surface area contributed by atoms with Crippen LogP contribution in [0.25, 0.3) is 0 Å². The smallest absolute Gasteiger partial charge is 0.118 e. The van der Waals surface area contributed by atoms with Crippen molar-refractivity contribution < 1.29 is 4.74 Å². The molecule has 2 atom stereocenters. The van der Waals surface area contributed by atoms with E-state index in [1.165, 1.54) is 31.4 Å². The predicted molar refractivity (Wildman–Crippen MR) is 79.6 cm³/mol. The Hall–Kier alpha value is -1.06. The molecule has 19 heavy (non-hydrogen) atoms. The minimum absolute atomic E-state index is 0.554. The van der Waals surface area contributed by atoms with Gasteiger partial charge in [0.05, 0.1) is 7.11 Å². The Labute approximate surface area is 116 Å². The van der Waals surface area contributed by atoms with Gasteiger partial charge in [-0.1, -0.05) is 18.6 Å². The summed E-state index contributed by atoms with van der Waals surface area (Å²) in [6.07, 6.45) is 3.98. The van der Waals surface area contributed by atoms with Gasteiger partial charge in [-0.3, -0.25) is 4.90 Å². The summed E-state index contributed by atoms with van der Waals surface area (Å²) in [7, 11) is 3.77. The Morgan fingerprint density at radius 3 is 2.68 bits per heavy atom. The summed E-state index contributed by atoms with van der Waals surface area (Å²) in [5.74, 6) is 0.933. The van der Waals surface area contributed by atoms with E-state index >= 15 is 0 Å². The third-order valence-electron chi connectivity index (χ3n) is 4.24. The van der Waals surface area contributed by atoms with Gasteiger partial charge in [-0.2, -0.15) is 0 Å². The zero-order chi connectivity index (χ0) is 13.7. The lowest BCUT2D eigenvalue weighted by molar-refractivity contribution is 0.114. The zero-order valence-electron chi connectivity index (χ0n) is 12.4. The molecule has 0 saturated carbocycles. The second-order valence-corrected chi connectivity index (χ2v) is 5.46. The van der Waals surface area contributed by atoms with E-state index in [1.807, 2.05) is 0 Å². The van der Waals surface area contributed by atoms with E-state index < -0.39 is 0 Å². The van der Waals surface area contributed by atoms with Gasteiger partial charge in [0.15, 0.2) is 0 Å². The van der Waals surface area contributed by atoms with Crippen LogP contribution in [0.1, 0.15) is 31.7 Å². The van der Waals surface area contributed by atoms with Crippen molar-refractivity contribution in [2.24, 2.45) is 0 Å². The molecule has 0 amide bonds. The molecule has 1 fully saturated rings. The van der Waals surface area contributed by atoms with Gasteiger partial charge < -0.3 is 10.1 Å².